The smallest absolute Gasteiger partial charge is 0.330 e. The summed E-state index contributed by atoms with van der Waals surface area (Å²) in [4.78, 5) is 16.5. The third-order valence-electron chi connectivity index (χ3n) is 2.74. The predicted molar refractivity (Wildman–Crippen MR) is 73.7 cm³/mol. The van der Waals surface area contributed by atoms with Gasteiger partial charge in [-0.2, -0.15) is 0 Å². The van der Waals surface area contributed by atoms with Gasteiger partial charge in [0.25, 0.3) is 0 Å². The fraction of sp³-hybridized carbons (Fsp3) is 0.214. The lowest BCUT2D eigenvalue weighted by molar-refractivity contribution is -0.134. The van der Waals surface area contributed by atoms with Crippen LogP contribution in [0.3, 0.4) is 0 Å². The summed E-state index contributed by atoms with van der Waals surface area (Å²) in [6, 6.07) is 8.04. The zero-order valence-electron chi connectivity index (χ0n) is 10.7. The van der Waals surface area contributed by atoms with Gasteiger partial charge in [-0.3, -0.25) is 0 Å². The Morgan fingerprint density at radius 3 is 2.72 bits per heavy atom. The van der Waals surface area contributed by atoms with Gasteiger partial charge in [-0.05, 0) is 12.1 Å². The lowest BCUT2D eigenvalue weighted by Crippen LogP contribution is -2.09. The van der Waals surface area contributed by atoms with Crippen LogP contribution in [0.15, 0.2) is 30.3 Å². The Balaban J connectivity index is 2.52. The first-order chi connectivity index (χ1) is 8.63. The Bertz CT molecular complexity index is 597. The fourth-order valence-electron chi connectivity index (χ4n) is 1.97. The molecule has 1 aromatic carbocycles. The van der Waals surface area contributed by atoms with Crippen molar-refractivity contribution in [1.29, 1.82) is 0 Å². The van der Waals surface area contributed by atoms with Crippen LogP contribution in [-0.4, -0.2) is 32.2 Å². The summed E-state index contributed by atoms with van der Waals surface area (Å²) in [5.41, 5.74) is 3.00. The summed E-state index contributed by atoms with van der Waals surface area (Å²) >= 11 is 0. The van der Waals surface area contributed by atoms with Gasteiger partial charge in [-0.15, -0.1) is 0 Å². The molecule has 0 aliphatic rings. The molecule has 0 fully saturated rings. The standard InChI is InChI=1S/C14H16N2O2/c1-16(2)14-10-6-4-5-7-11(10)15-12(14)8-9-13(17)18-3/h4-9,15H,1-3H3. The Hall–Kier alpha value is -2.23. The van der Waals surface area contributed by atoms with Crippen LogP contribution in [0.4, 0.5) is 5.69 Å². The SMILES string of the molecule is COC(=O)C=Cc1[nH]c2ccccc2c1N(C)C. The van der Waals surface area contributed by atoms with Crippen LogP contribution in [0.25, 0.3) is 17.0 Å². The van der Waals surface area contributed by atoms with Gasteiger partial charge in [0.2, 0.25) is 0 Å². The third kappa shape index (κ3) is 2.22. The molecule has 1 heterocycles. The number of rotatable bonds is 3. The van der Waals surface area contributed by atoms with E-state index in [9.17, 15) is 4.79 Å². The largest absolute Gasteiger partial charge is 0.466 e. The van der Waals surface area contributed by atoms with Gasteiger partial charge in [0.1, 0.15) is 0 Å². The number of ether oxygens (including phenoxy) is 1. The number of hydrogen-bond acceptors (Lipinski definition) is 3. The van der Waals surface area contributed by atoms with Crippen LogP contribution in [0, 0.1) is 0 Å². The number of fused-ring (bicyclic) bond motifs is 1. The van der Waals surface area contributed by atoms with E-state index in [0.717, 1.165) is 22.3 Å². The molecule has 0 radical (unpaired) electrons. The molecule has 1 N–H and O–H groups in total. The van der Waals surface area contributed by atoms with Gasteiger partial charge in [0.15, 0.2) is 0 Å². The molecule has 4 heteroatoms. The molecule has 0 aliphatic carbocycles. The number of carbonyl (C=O) groups excluding carboxylic acids is 1. The van der Waals surface area contributed by atoms with E-state index >= 15 is 0 Å². The maximum absolute atomic E-state index is 11.1. The summed E-state index contributed by atoms with van der Waals surface area (Å²) in [6.45, 7) is 0. The number of aromatic amines is 1. The number of nitrogens with one attached hydrogen (secondary N) is 1. The number of benzene rings is 1. The lowest BCUT2D eigenvalue weighted by Gasteiger charge is -2.12. The van der Waals surface area contributed by atoms with E-state index in [1.807, 2.05) is 37.2 Å². The minimum absolute atomic E-state index is 0.363. The zero-order valence-corrected chi connectivity index (χ0v) is 10.7. The van der Waals surface area contributed by atoms with Crippen molar-refractivity contribution in [3.63, 3.8) is 0 Å². The van der Waals surface area contributed by atoms with E-state index in [1.54, 1.807) is 6.08 Å². The Morgan fingerprint density at radius 1 is 1.33 bits per heavy atom. The zero-order chi connectivity index (χ0) is 13.1. The second-order valence-electron chi connectivity index (χ2n) is 4.18. The fourth-order valence-corrected chi connectivity index (χ4v) is 1.97. The van der Waals surface area contributed by atoms with E-state index in [2.05, 4.69) is 15.8 Å². The molecule has 94 valence electrons. The number of carbonyl (C=O) groups is 1. The van der Waals surface area contributed by atoms with Crippen molar-refractivity contribution >= 4 is 28.6 Å². The van der Waals surface area contributed by atoms with Crippen LogP contribution < -0.4 is 4.90 Å². The monoisotopic (exact) mass is 244 g/mol. The first-order valence-corrected chi connectivity index (χ1v) is 5.67. The van der Waals surface area contributed by atoms with Crippen molar-refractivity contribution in [2.24, 2.45) is 0 Å². The quantitative estimate of drug-likeness (QED) is 0.666. The molecular formula is C14H16N2O2. The number of aromatic nitrogens is 1. The van der Waals surface area contributed by atoms with Crippen LogP contribution in [-0.2, 0) is 9.53 Å². The van der Waals surface area contributed by atoms with Gasteiger partial charge >= 0.3 is 5.97 Å². The van der Waals surface area contributed by atoms with Crippen molar-refractivity contribution in [3.8, 4) is 0 Å². The average molecular weight is 244 g/mol. The molecule has 0 saturated heterocycles. The van der Waals surface area contributed by atoms with Crippen LogP contribution in [0.2, 0.25) is 0 Å². The Labute approximate surface area is 106 Å². The minimum Gasteiger partial charge on any atom is -0.466 e. The molecule has 0 saturated carbocycles. The maximum atomic E-state index is 11.1. The number of H-pyrrole nitrogens is 1. The van der Waals surface area contributed by atoms with E-state index < -0.39 is 0 Å². The van der Waals surface area contributed by atoms with Crippen molar-refractivity contribution in [3.05, 3.63) is 36.0 Å². The molecule has 4 nitrogen and oxygen atoms in total. The second-order valence-corrected chi connectivity index (χ2v) is 4.18. The van der Waals surface area contributed by atoms with E-state index in [1.165, 1.54) is 13.2 Å². The lowest BCUT2D eigenvalue weighted by atomic mass is 10.2. The molecule has 1 aromatic heterocycles. The highest BCUT2D eigenvalue weighted by molar-refractivity contribution is 5.99. The van der Waals surface area contributed by atoms with Gasteiger partial charge in [-0.1, -0.05) is 18.2 Å². The highest BCUT2D eigenvalue weighted by atomic mass is 16.5. The van der Waals surface area contributed by atoms with Gasteiger partial charge in [0, 0.05) is 31.1 Å². The normalized spacial score (nSPS) is 11.1. The molecule has 0 aliphatic heterocycles. The first-order valence-electron chi connectivity index (χ1n) is 5.67. The van der Waals surface area contributed by atoms with Gasteiger partial charge in [-0.25, -0.2) is 4.79 Å². The maximum Gasteiger partial charge on any atom is 0.330 e. The second kappa shape index (κ2) is 4.96. The van der Waals surface area contributed by atoms with Crippen LogP contribution in [0.5, 0.6) is 0 Å². The van der Waals surface area contributed by atoms with Gasteiger partial charge < -0.3 is 14.6 Å². The van der Waals surface area contributed by atoms with Crippen molar-refractivity contribution in [1.82, 2.24) is 4.98 Å². The number of para-hydroxylation sites is 1. The van der Waals surface area contributed by atoms with E-state index in [-0.39, 0.29) is 5.97 Å². The van der Waals surface area contributed by atoms with Gasteiger partial charge in [0.05, 0.1) is 18.5 Å². The molecule has 0 unspecified atom stereocenters. The number of anilines is 1. The summed E-state index contributed by atoms with van der Waals surface area (Å²) in [5, 5.41) is 1.13. The average Bonchev–Trinajstić information content (AvgIpc) is 2.74. The topological polar surface area (TPSA) is 45.3 Å². The molecule has 2 rings (SSSR count). The van der Waals surface area contributed by atoms with Crippen molar-refractivity contribution in [2.75, 3.05) is 26.1 Å². The molecule has 0 spiro atoms. The summed E-state index contributed by atoms with van der Waals surface area (Å²) < 4.78 is 4.59. The number of hydrogen-bond donors (Lipinski definition) is 1. The summed E-state index contributed by atoms with van der Waals surface area (Å²) in [6.07, 6.45) is 3.15. The number of methoxy groups -OCH3 is 1. The Morgan fingerprint density at radius 2 is 2.06 bits per heavy atom. The molecule has 0 bridgehead atoms. The van der Waals surface area contributed by atoms with Crippen molar-refractivity contribution < 1.29 is 9.53 Å². The number of nitrogens with zero attached hydrogens (tertiary/aromatic N) is 1. The molecule has 0 atom stereocenters. The Kier molecular flexibility index (Phi) is 3.37. The highest BCUT2D eigenvalue weighted by Gasteiger charge is 2.10. The third-order valence-corrected chi connectivity index (χ3v) is 2.74. The van der Waals surface area contributed by atoms with E-state index in [0.29, 0.717) is 0 Å². The predicted octanol–water partition coefficient (Wildman–Crippen LogP) is 2.42. The summed E-state index contributed by atoms with van der Waals surface area (Å²) in [7, 11) is 5.32. The van der Waals surface area contributed by atoms with E-state index in [4.69, 9.17) is 0 Å². The molecule has 0 amide bonds. The van der Waals surface area contributed by atoms with Crippen molar-refractivity contribution in [2.45, 2.75) is 0 Å². The first kappa shape index (κ1) is 12.2. The number of esters is 1. The summed E-state index contributed by atoms with van der Waals surface area (Å²) in [5.74, 6) is -0.363. The van der Waals surface area contributed by atoms with Crippen LogP contribution >= 0.6 is 0 Å². The molecule has 18 heavy (non-hydrogen) atoms. The molecule has 2 aromatic rings. The van der Waals surface area contributed by atoms with Crippen LogP contribution in [0.1, 0.15) is 5.69 Å². The minimum atomic E-state index is -0.363. The molecular weight excluding hydrogens is 228 g/mol. The highest BCUT2D eigenvalue weighted by Crippen LogP contribution is 2.30.